The number of anilines is 1. The number of nitrogens with zero attached hydrogens (tertiary/aromatic N) is 4. The lowest BCUT2D eigenvalue weighted by atomic mass is 9.93. The molecule has 0 spiro atoms. The summed E-state index contributed by atoms with van der Waals surface area (Å²) in [6.07, 6.45) is 3.85. The lowest BCUT2D eigenvalue weighted by Crippen LogP contribution is -2.22. The van der Waals surface area contributed by atoms with Crippen LogP contribution in [0.5, 0.6) is 0 Å². The van der Waals surface area contributed by atoms with Gasteiger partial charge in [-0.05, 0) is 104 Å². The third-order valence-electron chi connectivity index (χ3n) is 10.0. The van der Waals surface area contributed by atoms with E-state index in [2.05, 4.69) is 15.5 Å². The predicted molar refractivity (Wildman–Crippen MR) is 182 cm³/mol. The monoisotopic (exact) mass is 694 g/mol. The second-order valence-electron chi connectivity index (χ2n) is 13.1. The Bertz CT molecular complexity index is 2420. The maximum atomic E-state index is 14.3. The van der Waals surface area contributed by atoms with E-state index in [-0.39, 0.29) is 29.7 Å². The van der Waals surface area contributed by atoms with E-state index in [1.165, 1.54) is 35.6 Å². The molecule has 9 nitrogen and oxygen atoms in total. The van der Waals surface area contributed by atoms with Gasteiger partial charge in [-0.2, -0.15) is 0 Å². The Morgan fingerprint density at radius 3 is 2.60 bits per heavy atom. The summed E-state index contributed by atoms with van der Waals surface area (Å²) in [5.74, 6) is -2.31. The third kappa shape index (κ3) is 5.01. The number of amides is 1. The van der Waals surface area contributed by atoms with Crippen LogP contribution in [0, 0.1) is 24.4 Å². The Hall–Kier alpha value is -5.30. The molecule has 2 N–H and O–H groups in total. The molecule has 1 fully saturated rings. The van der Waals surface area contributed by atoms with Gasteiger partial charge in [-0.1, -0.05) is 12.1 Å². The predicted octanol–water partition coefficient (Wildman–Crippen LogP) is 7.60. The topological polar surface area (TPSA) is 117 Å². The highest BCUT2D eigenvalue weighted by Gasteiger charge is 2.45. The molecule has 0 bridgehead atoms. The number of nitrogens with one attached hydrogen (secondary N) is 2. The minimum Gasteiger partial charge on any atom is -0.388 e. The van der Waals surface area contributed by atoms with Crippen molar-refractivity contribution in [3.8, 4) is 21.9 Å². The summed E-state index contributed by atoms with van der Waals surface area (Å²) < 4.78 is 48.4. The van der Waals surface area contributed by atoms with E-state index < -0.39 is 17.4 Å². The van der Waals surface area contributed by atoms with Crippen molar-refractivity contribution in [1.29, 1.82) is 0 Å². The van der Waals surface area contributed by atoms with Gasteiger partial charge in [-0.3, -0.25) is 9.78 Å². The van der Waals surface area contributed by atoms with Crippen molar-refractivity contribution in [1.82, 2.24) is 25.1 Å². The van der Waals surface area contributed by atoms with Crippen molar-refractivity contribution < 1.29 is 22.4 Å². The second-order valence-corrected chi connectivity index (χ2v) is 14.2. The minimum absolute atomic E-state index is 0.0243. The number of hydrogen-bond acceptors (Lipinski definition) is 8. The van der Waals surface area contributed by atoms with Crippen LogP contribution in [0.4, 0.5) is 19.0 Å². The fraction of sp³-hybridized carbons (Fsp3) is 0.270. The summed E-state index contributed by atoms with van der Waals surface area (Å²) in [6.45, 7) is 2.51. The standard InChI is InChI=1S/C37H29F3N6O3S/c1-17-13-20-15-28(50-33(20)34(41-17)43-25-11-7-19-14-23(39)24(40)16-22(19)25)30-29(35-44-45-37(48)49-35)26(10-6-18-4-8-21(38)9-5-18)42-32-27-3-2-12-46(27)36(47)31(30)32/h4-5,8-9,13-16,25,27H,2-3,6-7,10-12H2,1H3,(H,41,43)(H,45,48)/t25-,27-/m1/s1. The Labute approximate surface area is 287 Å². The molecule has 1 saturated heterocycles. The SMILES string of the molecule is Cc1cc2cc(-c3c4c(nc(CCc5ccc(F)cc5)c3-c3n[nH]c(=O)o3)[C@H]3CCCN3C4=O)sc2c(N[C@@H]2CCc3cc(F)c(F)cc32)n1. The van der Waals surface area contributed by atoms with E-state index in [9.17, 15) is 22.8 Å². The molecular weight excluding hydrogens is 666 g/mol. The molecule has 1 aliphatic carbocycles. The molecule has 2 atom stereocenters. The van der Waals surface area contributed by atoms with Crippen molar-refractivity contribution in [2.75, 3.05) is 11.9 Å². The van der Waals surface area contributed by atoms with E-state index in [1.807, 2.05) is 24.0 Å². The lowest BCUT2D eigenvalue weighted by molar-refractivity contribution is 0.0776. The van der Waals surface area contributed by atoms with Crippen molar-refractivity contribution in [2.45, 2.75) is 57.5 Å². The van der Waals surface area contributed by atoms with Crippen LogP contribution in [0.1, 0.15) is 75.5 Å². The minimum atomic E-state index is -0.886. The quantitative estimate of drug-likeness (QED) is 0.177. The first-order chi connectivity index (χ1) is 24.2. The number of pyridine rings is 2. The lowest BCUT2D eigenvalue weighted by Gasteiger charge is -2.16. The summed E-state index contributed by atoms with van der Waals surface area (Å²) in [4.78, 5) is 39.0. The number of aromatic nitrogens is 4. The zero-order valence-electron chi connectivity index (χ0n) is 26.8. The molecule has 252 valence electrons. The molecular formula is C37H29F3N6O3S. The molecule has 0 unspecified atom stereocenters. The highest BCUT2D eigenvalue weighted by molar-refractivity contribution is 7.23. The summed E-state index contributed by atoms with van der Waals surface area (Å²) in [7, 11) is 0. The molecule has 1 amide bonds. The number of benzene rings is 2. The van der Waals surface area contributed by atoms with Crippen LogP contribution in [-0.2, 0) is 19.3 Å². The van der Waals surface area contributed by atoms with Crippen LogP contribution in [0.25, 0.3) is 32.0 Å². The Kier molecular flexibility index (Phi) is 7.16. The van der Waals surface area contributed by atoms with Gasteiger partial charge in [-0.25, -0.2) is 28.0 Å². The highest BCUT2D eigenvalue weighted by Crippen LogP contribution is 2.50. The summed E-state index contributed by atoms with van der Waals surface area (Å²) in [6, 6.07) is 12.3. The fourth-order valence-corrected chi connectivity index (χ4v) is 8.92. The van der Waals surface area contributed by atoms with E-state index in [0.717, 1.165) is 44.6 Å². The number of halogens is 3. The molecule has 6 aromatic rings. The maximum Gasteiger partial charge on any atom is 0.434 e. The highest BCUT2D eigenvalue weighted by atomic mass is 32.1. The van der Waals surface area contributed by atoms with E-state index in [0.29, 0.717) is 71.7 Å². The number of hydrogen-bond donors (Lipinski definition) is 2. The van der Waals surface area contributed by atoms with E-state index in [1.54, 1.807) is 12.1 Å². The normalized spacial score (nSPS) is 17.8. The summed E-state index contributed by atoms with van der Waals surface area (Å²) in [5, 5.41) is 11.0. The van der Waals surface area contributed by atoms with Gasteiger partial charge < -0.3 is 14.6 Å². The number of carbonyl (C=O) groups is 1. The number of fused-ring (bicyclic) bond motifs is 5. The molecule has 0 saturated carbocycles. The average molecular weight is 695 g/mol. The maximum absolute atomic E-state index is 14.3. The van der Waals surface area contributed by atoms with Gasteiger partial charge >= 0.3 is 5.76 Å². The van der Waals surface area contributed by atoms with Gasteiger partial charge in [0, 0.05) is 22.7 Å². The van der Waals surface area contributed by atoms with Crippen LogP contribution in [0.2, 0.25) is 0 Å². The molecule has 0 radical (unpaired) electrons. The number of aromatic amines is 1. The zero-order valence-corrected chi connectivity index (χ0v) is 27.6. The molecule has 50 heavy (non-hydrogen) atoms. The summed E-state index contributed by atoms with van der Waals surface area (Å²) >= 11 is 1.44. The first-order valence-electron chi connectivity index (χ1n) is 16.6. The van der Waals surface area contributed by atoms with Crippen LogP contribution in [0.3, 0.4) is 0 Å². The molecule has 2 aromatic carbocycles. The number of carbonyl (C=O) groups excluding carboxylic acids is 1. The molecule has 3 aliphatic rings. The third-order valence-corrected chi connectivity index (χ3v) is 11.2. The van der Waals surface area contributed by atoms with Gasteiger partial charge in [0.05, 0.1) is 39.3 Å². The molecule has 9 rings (SSSR count). The Morgan fingerprint density at radius 2 is 1.80 bits per heavy atom. The van der Waals surface area contributed by atoms with Crippen LogP contribution in [0.15, 0.2) is 57.7 Å². The van der Waals surface area contributed by atoms with Crippen LogP contribution in [-0.4, -0.2) is 37.5 Å². The van der Waals surface area contributed by atoms with Gasteiger partial charge in [0.2, 0.25) is 0 Å². The number of thiophene rings is 1. The fourth-order valence-electron chi connectivity index (χ4n) is 7.78. The smallest absolute Gasteiger partial charge is 0.388 e. The largest absolute Gasteiger partial charge is 0.434 e. The van der Waals surface area contributed by atoms with E-state index >= 15 is 0 Å². The number of rotatable bonds is 7. The average Bonchev–Trinajstić information content (AvgIpc) is 3.93. The molecule has 6 heterocycles. The molecule has 2 aliphatic heterocycles. The zero-order chi connectivity index (χ0) is 34.3. The van der Waals surface area contributed by atoms with Crippen molar-refractivity contribution in [3.05, 3.63) is 116 Å². The van der Waals surface area contributed by atoms with E-state index in [4.69, 9.17) is 14.4 Å². The number of H-pyrrole nitrogens is 1. The molecule has 4 aromatic heterocycles. The Morgan fingerprint density at radius 1 is 0.980 bits per heavy atom. The van der Waals surface area contributed by atoms with Crippen LogP contribution < -0.4 is 11.1 Å². The second kappa shape index (κ2) is 11.7. The van der Waals surface area contributed by atoms with Gasteiger partial charge in [0.25, 0.3) is 11.8 Å². The van der Waals surface area contributed by atoms with Crippen LogP contribution >= 0.6 is 11.3 Å². The van der Waals surface area contributed by atoms with Crippen molar-refractivity contribution in [3.63, 3.8) is 0 Å². The Balaban J connectivity index is 1.22. The van der Waals surface area contributed by atoms with Crippen molar-refractivity contribution in [2.24, 2.45) is 0 Å². The first-order valence-corrected chi connectivity index (χ1v) is 17.4. The van der Waals surface area contributed by atoms with Gasteiger partial charge in [0.1, 0.15) is 11.6 Å². The van der Waals surface area contributed by atoms with Gasteiger partial charge in [0.15, 0.2) is 11.6 Å². The van der Waals surface area contributed by atoms with Gasteiger partial charge in [-0.15, -0.1) is 16.4 Å². The first kappa shape index (κ1) is 30.7. The van der Waals surface area contributed by atoms with Crippen molar-refractivity contribution >= 4 is 33.1 Å². The molecule has 13 heteroatoms. The summed E-state index contributed by atoms with van der Waals surface area (Å²) in [5.41, 5.74) is 5.94. The number of aryl methyl sites for hydroxylation is 4.